The van der Waals surface area contributed by atoms with Gasteiger partial charge in [0.1, 0.15) is 6.34 Å². The van der Waals surface area contributed by atoms with Gasteiger partial charge < -0.3 is 15.6 Å². The lowest BCUT2D eigenvalue weighted by molar-refractivity contribution is -0.117. The van der Waals surface area contributed by atoms with Crippen molar-refractivity contribution in [2.24, 2.45) is 26.9 Å². The maximum Gasteiger partial charge on any atom is 0.250 e. The second-order valence-corrected chi connectivity index (χ2v) is 9.12. The summed E-state index contributed by atoms with van der Waals surface area (Å²) in [5, 5.41) is 9.33. The van der Waals surface area contributed by atoms with Crippen LogP contribution in [0.3, 0.4) is 0 Å². The van der Waals surface area contributed by atoms with Gasteiger partial charge in [-0.15, -0.1) is 12.6 Å². The first-order chi connectivity index (χ1) is 16.4. The largest absolute Gasteiger partial charge is 0.351 e. The van der Waals surface area contributed by atoms with Gasteiger partial charge in [-0.1, -0.05) is 31.2 Å². The normalized spacial score (nSPS) is 23.4. The zero-order valence-electron chi connectivity index (χ0n) is 19.5. The van der Waals surface area contributed by atoms with Gasteiger partial charge >= 0.3 is 0 Å². The number of rotatable bonds is 7. The van der Waals surface area contributed by atoms with Crippen LogP contribution in [0.4, 0.5) is 5.69 Å². The fourth-order valence-corrected chi connectivity index (χ4v) is 4.02. The number of hydrogen-bond acceptors (Lipinski definition) is 9. The molecule has 2 heterocycles. The Bertz CT molecular complexity index is 1100. The van der Waals surface area contributed by atoms with Crippen molar-refractivity contribution in [3.05, 3.63) is 59.8 Å². The number of allylic oxidation sites excluding steroid dienone is 2. The Balaban J connectivity index is 1.32. The molecule has 0 fully saturated rings. The van der Waals surface area contributed by atoms with E-state index in [1.54, 1.807) is 0 Å². The van der Waals surface area contributed by atoms with Crippen LogP contribution < -0.4 is 21.2 Å². The van der Waals surface area contributed by atoms with Crippen molar-refractivity contribution < 1.29 is 4.79 Å². The Morgan fingerprint density at radius 1 is 1.38 bits per heavy atom. The summed E-state index contributed by atoms with van der Waals surface area (Å²) in [4.78, 5) is 24.1. The number of amides is 1. The van der Waals surface area contributed by atoms with Crippen molar-refractivity contribution in [2.45, 2.75) is 18.0 Å². The van der Waals surface area contributed by atoms with Crippen LogP contribution in [0.1, 0.15) is 6.92 Å². The number of nitrogens with one attached hydrogen (secondary N) is 3. The van der Waals surface area contributed by atoms with Crippen LogP contribution >= 0.6 is 12.6 Å². The number of likely N-dealkylation sites (N-methyl/N-ethyl adjacent to an activating group) is 1. The van der Waals surface area contributed by atoms with Crippen molar-refractivity contribution in [3.63, 3.8) is 0 Å². The van der Waals surface area contributed by atoms with Gasteiger partial charge in [0, 0.05) is 41.9 Å². The maximum absolute atomic E-state index is 12.4. The Morgan fingerprint density at radius 2 is 2.24 bits per heavy atom. The standard InChI is InChI=1S/C24H30N8OS/c1-16-11-17(24(33)25-9-10-31(2)3)7-8-18(16)13-28-30-22-21-14-29-32(23(21)27-15-26-22)19-5-4-6-20(34)12-19/h4-8,11-16,18,23,29,34H,9-10H2,1-3H3,(H,25,33)(H,26,27,30)/b28-13+. The zero-order valence-corrected chi connectivity index (χ0v) is 20.4. The number of amidine groups is 1. The Labute approximate surface area is 205 Å². The quantitative estimate of drug-likeness (QED) is 0.273. The average molecular weight is 479 g/mol. The maximum atomic E-state index is 12.4. The number of hydrogen-bond donors (Lipinski definition) is 4. The van der Waals surface area contributed by atoms with Gasteiger partial charge in [-0.05, 0) is 38.2 Å². The van der Waals surface area contributed by atoms with Crippen LogP contribution in [0.25, 0.3) is 0 Å². The monoisotopic (exact) mass is 478 g/mol. The number of carbonyl (C=O) groups is 1. The molecule has 0 bridgehead atoms. The van der Waals surface area contributed by atoms with Crippen molar-refractivity contribution in [1.29, 1.82) is 0 Å². The number of fused-ring (bicyclic) bond motifs is 1. The van der Waals surface area contributed by atoms with E-state index in [0.717, 1.165) is 22.7 Å². The highest BCUT2D eigenvalue weighted by Gasteiger charge is 2.32. The fraction of sp³-hybridized carbons (Fsp3) is 0.333. The third-order valence-electron chi connectivity index (χ3n) is 5.73. The minimum absolute atomic E-state index is 0.0472. The lowest BCUT2D eigenvalue weighted by Crippen LogP contribution is -2.41. The van der Waals surface area contributed by atoms with Gasteiger partial charge in [-0.3, -0.25) is 15.2 Å². The molecule has 0 aromatic heterocycles. The first-order valence-electron chi connectivity index (χ1n) is 11.2. The van der Waals surface area contributed by atoms with E-state index in [4.69, 9.17) is 0 Å². The Morgan fingerprint density at radius 3 is 3.00 bits per heavy atom. The van der Waals surface area contributed by atoms with Crippen LogP contribution in [0.2, 0.25) is 0 Å². The summed E-state index contributed by atoms with van der Waals surface area (Å²) < 4.78 is 0. The van der Waals surface area contributed by atoms with Crippen LogP contribution in [-0.4, -0.2) is 62.5 Å². The second-order valence-electron chi connectivity index (χ2n) is 8.60. The predicted molar refractivity (Wildman–Crippen MR) is 140 cm³/mol. The van der Waals surface area contributed by atoms with Crippen LogP contribution in [0.5, 0.6) is 0 Å². The van der Waals surface area contributed by atoms with Gasteiger partial charge in [0.25, 0.3) is 5.91 Å². The molecule has 178 valence electrons. The molecule has 1 amide bonds. The highest BCUT2D eigenvalue weighted by Crippen LogP contribution is 2.27. The number of benzene rings is 1. The molecule has 0 saturated heterocycles. The molecule has 10 heteroatoms. The molecule has 1 aromatic rings. The Kier molecular flexibility index (Phi) is 7.49. The number of hydrazone groups is 1. The van der Waals surface area contributed by atoms with Gasteiger partial charge in [0.15, 0.2) is 12.0 Å². The molecule has 1 aliphatic carbocycles. The summed E-state index contributed by atoms with van der Waals surface area (Å²) in [5.41, 5.74) is 8.84. The molecule has 3 N–H and O–H groups in total. The molecule has 3 unspecified atom stereocenters. The molecule has 3 aliphatic rings. The molecular formula is C24H30N8OS. The van der Waals surface area contributed by atoms with Crippen LogP contribution in [-0.2, 0) is 4.79 Å². The zero-order chi connectivity index (χ0) is 24.1. The third-order valence-corrected chi connectivity index (χ3v) is 6.01. The lowest BCUT2D eigenvalue weighted by atomic mass is 9.88. The first kappa shape index (κ1) is 23.8. The number of thiol groups is 1. The molecule has 3 atom stereocenters. The molecule has 0 spiro atoms. The summed E-state index contributed by atoms with van der Waals surface area (Å²) >= 11 is 4.43. The smallest absolute Gasteiger partial charge is 0.250 e. The SMILES string of the molecule is CC1C=C(C(=O)NCCN(C)C)C=CC1/C=N/NC1=NC=NC2C1=CNN2c1cccc(S)c1. The summed E-state index contributed by atoms with van der Waals surface area (Å²) in [6.45, 7) is 3.50. The van der Waals surface area contributed by atoms with Gasteiger partial charge in [0.2, 0.25) is 0 Å². The molecule has 34 heavy (non-hydrogen) atoms. The van der Waals surface area contributed by atoms with E-state index >= 15 is 0 Å². The molecule has 0 saturated carbocycles. The number of nitrogens with zero attached hydrogens (tertiary/aromatic N) is 5. The highest BCUT2D eigenvalue weighted by atomic mass is 32.1. The van der Waals surface area contributed by atoms with Gasteiger partial charge in [-0.25, -0.2) is 9.98 Å². The van der Waals surface area contributed by atoms with E-state index in [2.05, 4.69) is 50.8 Å². The van der Waals surface area contributed by atoms with Crippen LogP contribution in [0.15, 0.2) is 79.8 Å². The topological polar surface area (TPSA) is 96.7 Å². The molecule has 9 nitrogen and oxygen atoms in total. The number of anilines is 1. The second kappa shape index (κ2) is 10.7. The van der Waals surface area contributed by atoms with E-state index < -0.39 is 0 Å². The lowest BCUT2D eigenvalue weighted by Gasteiger charge is -2.27. The van der Waals surface area contributed by atoms with Crippen molar-refractivity contribution in [2.75, 3.05) is 32.2 Å². The number of hydrazine groups is 1. The fourth-order valence-electron chi connectivity index (χ4n) is 3.80. The van der Waals surface area contributed by atoms with E-state index in [9.17, 15) is 4.79 Å². The minimum atomic E-state index is -0.240. The van der Waals surface area contributed by atoms with Crippen LogP contribution in [0, 0.1) is 11.8 Å². The number of carbonyl (C=O) groups excluding carboxylic acids is 1. The van der Waals surface area contributed by atoms with E-state index in [0.29, 0.717) is 18.0 Å². The summed E-state index contributed by atoms with van der Waals surface area (Å²) in [5.74, 6) is 0.806. The number of aliphatic imine (C=N–C) groups is 2. The summed E-state index contributed by atoms with van der Waals surface area (Å²) in [6.07, 6.45) is 10.9. The molecule has 4 rings (SSSR count). The van der Waals surface area contributed by atoms with Gasteiger partial charge in [0.05, 0.1) is 11.3 Å². The Hall–Kier alpha value is -3.37. The van der Waals surface area contributed by atoms with E-state index in [1.165, 1.54) is 6.34 Å². The molecular weight excluding hydrogens is 448 g/mol. The van der Waals surface area contributed by atoms with Crippen molar-refractivity contribution in [3.8, 4) is 0 Å². The van der Waals surface area contributed by atoms with E-state index in [-0.39, 0.29) is 23.9 Å². The molecule has 2 aliphatic heterocycles. The summed E-state index contributed by atoms with van der Waals surface area (Å²) in [7, 11) is 3.96. The van der Waals surface area contributed by atoms with E-state index in [1.807, 2.05) is 78.9 Å². The summed E-state index contributed by atoms with van der Waals surface area (Å²) in [6, 6.07) is 7.85. The molecule has 1 aromatic carbocycles. The molecule has 0 radical (unpaired) electrons. The minimum Gasteiger partial charge on any atom is -0.351 e. The highest BCUT2D eigenvalue weighted by molar-refractivity contribution is 7.80. The van der Waals surface area contributed by atoms with Crippen molar-refractivity contribution >= 4 is 42.6 Å². The third kappa shape index (κ3) is 5.57. The van der Waals surface area contributed by atoms with Gasteiger partial charge in [-0.2, -0.15) is 5.10 Å². The average Bonchev–Trinajstić information content (AvgIpc) is 3.25. The van der Waals surface area contributed by atoms with Crippen molar-refractivity contribution in [1.82, 2.24) is 21.1 Å². The predicted octanol–water partition coefficient (Wildman–Crippen LogP) is 1.95. The first-order valence-corrected chi connectivity index (χ1v) is 11.6.